The van der Waals surface area contributed by atoms with Crippen LogP contribution < -0.4 is 0 Å². The Morgan fingerprint density at radius 1 is 1.88 bits per heavy atom. The van der Waals surface area contributed by atoms with Gasteiger partial charge in [0.2, 0.25) is 0 Å². The fraction of sp³-hybridized carbons (Fsp3) is 0.800. The Kier molecular flexibility index (Phi) is 1.12. The lowest BCUT2D eigenvalue weighted by molar-refractivity contribution is 0.0835. The van der Waals surface area contributed by atoms with Crippen LogP contribution in [-0.2, 0) is 0 Å². The average Bonchev–Trinajstić information content (AvgIpc) is 1.61. The van der Waals surface area contributed by atoms with Crippen LogP contribution in [0.3, 0.4) is 0 Å². The van der Waals surface area contributed by atoms with Gasteiger partial charge in [-0.15, -0.1) is 0 Å². The van der Waals surface area contributed by atoms with Gasteiger partial charge in [-0.3, -0.25) is 0 Å². The second-order valence-corrected chi connectivity index (χ2v) is 2.11. The fourth-order valence-electron chi connectivity index (χ4n) is 0.801. The van der Waals surface area contributed by atoms with Crippen LogP contribution in [0.2, 0.25) is 0 Å². The molecule has 1 heterocycles. The molecule has 46 valence electrons. The largest absolute Gasteiger partial charge is 0.465 e. The van der Waals surface area contributed by atoms with E-state index >= 15 is 0 Å². The summed E-state index contributed by atoms with van der Waals surface area (Å²) in [6.45, 7) is 2.63. The SMILES string of the molecule is CC1CCN1C(=O)O. The van der Waals surface area contributed by atoms with Crippen molar-refractivity contribution >= 4 is 6.09 Å². The number of amides is 1. The Morgan fingerprint density at radius 3 is 2.50 bits per heavy atom. The van der Waals surface area contributed by atoms with E-state index in [1.54, 1.807) is 0 Å². The number of nitrogens with zero attached hydrogens (tertiary/aromatic N) is 1. The van der Waals surface area contributed by atoms with Crippen LogP contribution in [0.5, 0.6) is 0 Å². The van der Waals surface area contributed by atoms with Crippen LogP contribution in [0, 0.1) is 0 Å². The lowest BCUT2D eigenvalue weighted by Crippen LogP contribution is -2.48. The van der Waals surface area contributed by atoms with Crippen molar-refractivity contribution in [3.63, 3.8) is 0 Å². The zero-order valence-electron chi connectivity index (χ0n) is 4.79. The number of likely N-dealkylation sites (tertiary alicyclic amines) is 1. The normalized spacial score (nSPS) is 27.1. The molecule has 0 radical (unpaired) electrons. The van der Waals surface area contributed by atoms with Gasteiger partial charge in [0.05, 0.1) is 0 Å². The lowest BCUT2D eigenvalue weighted by Gasteiger charge is -2.35. The van der Waals surface area contributed by atoms with Crippen molar-refractivity contribution in [1.82, 2.24) is 4.90 Å². The van der Waals surface area contributed by atoms with Crippen LogP contribution in [0.4, 0.5) is 4.79 Å². The molecule has 3 heteroatoms. The van der Waals surface area contributed by atoms with E-state index in [4.69, 9.17) is 5.11 Å². The first kappa shape index (κ1) is 5.41. The molecule has 0 spiro atoms. The summed E-state index contributed by atoms with van der Waals surface area (Å²) in [5.74, 6) is 0. The summed E-state index contributed by atoms with van der Waals surface area (Å²) in [7, 11) is 0. The number of carboxylic acid groups (broad SMARTS) is 1. The molecule has 1 amide bonds. The van der Waals surface area contributed by atoms with E-state index < -0.39 is 6.09 Å². The molecule has 1 fully saturated rings. The Labute approximate surface area is 47.9 Å². The van der Waals surface area contributed by atoms with Crippen molar-refractivity contribution in [3.8, 4) is 0 Å². The molecule has 8 heavy (non-hydrogen) atoms. The minimum atomic E-state index is -0.788. The first-order valence-electron chi connectivity index (χ1n) is 2.71. The highest BCUT2D eigenvalue weighted by molar-refractivity contribution is 5.66. The van der Waals surface area contributed by atoms with E-state index in [0.29, 0.717) is 0 Å². The minimum absolute atomic E-state index is 0.257. The third-order valence-electron chi connectivity index (χ3n) is 1.57. The first-order valence-corrected chi connectivity index (χ1v) is 2.71. The highest BCUT2D eigenvalue weighted by Gasteiger charge is 2.27. The molecule has 0 saturated carbocycles. The molecule has 0 aromatic heterocycles. The topological polar surface area (TPSA) is 40.5 Å². The molecule has 1 rings (SSSR count). The lowest BCUT2D eigenvalue weighted by atomic mass is 10.1. The maximum Gasteiger partial charge on any atom is 0.407 e. The first-order chi connectivity index (χ1) is 3.72. The zero-order valence-corrected chi connectivity index (χ0v) is 4.79. The van der Waals surface area contributed by atoms with Gasteiger partial charge in [-0.05, 0) is 13.3 Å². The monoisotopic (exact) mass is 115 g/mol. The van der Waals surface area contributed by atoms with Gasteiger partial charge in [0.1, 0.15) is 0 Å². The maximum absolute atomic E-state index is 10.1. The second kappa shape index (κ2) is 1.65. The molecule has 0 aromatic rings. The molecule has 1 unspecified atom stereocenters. The third-order valence-corrected chi connectivity index (χ3v) is 1.57. The van der Waals surface area contributed by atoms with Crippen molar-refractivity contribution in [2.75, 3.05) is 6.54 Å². The zero-order chi connectivity index (χ0) is 6.15. The molecule has 1 N–H and O–H groups in total. The molecular formula is C5H9NO2. The summed E-state index contributed by atoms with van der Waals surface area (Å²) in [6, 6.07) is 0.257. The van der Waals surface area contributed by atoms with Crippen molar-refractivity contribution in [1.29, 1.82) is 0 Å². The maximum atomic E-state index is 10.1. The highest BCUT2D eigenvalue weighted by Crippen LogP contribution is 2.15. The summed E-state index contributed by atoms with van der Waals surface area (Å²) in [5.41, 5.74) is 0. The van der Waals surface area contributed by atoms with Crippen molar-refractivity contribution in [2.24, 2.45) is 0 Å². The van der Waals surface area contributed by atoms with E-state index in [1.807, 2.05) is 6.92 Å². The Hall–Kier alpha value is -0.730. The summed E-state index contributed by atoms with van der Waals surface area (Å²) in [4.78, 5) is 11.5. The van der Waals surface area contributed by atoms with Gasteiger partial charge in [-0.25, -0.2) is 4.79 Å². The summed E-state index contributed by atoms with van der Waals surface area (Å²) in [5, 5.41) is 8.33. The minimum Gasteiger partial charge on any atom is -0.465 e. The Bertz CT molecular complexity index is 113. The smallest absolute Gasteiger partial charge is 0.407 e. The molecule has 0 bridgehead atoms. The predicted molar refractivity (Wildman–Crippen MR) is 28.8 cm³/mol. The Morgan fingerprint density at radius 2 is 2.50 bits per heavy atom. The van der Waals surface area contributed by atoms with Crippen LogP contribution in [0.25, 0.3) is 0 Å². The standard InChI is InChI=1S/C5H9NO2/c1-4-2-3-6(4)5(7)8/h4H,2-3H2,1H3,(H,7,8). The van der Waals surface area contributed by atoms with Gasteiger partial charge in [-0.1, -0.05) is 0 Å². The molecular weight excluding hydrogens is 106 g/mol. The number of hydrogen-bond acceptors (Lipinski definition) is 1. The van der Waals surface area contributed by atoms with E-state index in [1.165, 1.54) is 4.90 Å². The predicted octanol–water partition coefficient (Wildman–Crippen LogP) is 0.759. The molecule has 1 aliphatic rings. The van der Waals surface area contributed by atoms with Crippen LogP contribution in [0.1, 0.15) is 13.3 Å². The molecule has 1 atom stereocenters. The Balaban J connectivity index is 2.37. The average molecular weight is 115 g/mol. The molecule has 1 aliphatic heterocycles. The van der Waals surface area contributed by atoms with Gasteiger partial charge >= 0.3 is 6.09 Å². The fourth-order valence-corrected chi connectivity index (χ4v) is 0.801. The van der Waals surface area contributed by atoms with Crippen molar-refractivity contribution < 1.29 is 9.90 Å². The number of carbonyl (C=O) groups is 1. The third kappa shape index (κ3) is 0.638. The van der Waals surface area contributed by atoms with Gasteiger partial charge < -0.3 is 10.0 Å². The van der Waals surface area contributed by atoms with Gasteiger partial charge in [-0.2, -0.15) is 0 Å². The number of rotatable bonds is 0. The molecule has 0 aromatic carbocycles. The van der Waals surface area contributed by atoms with E-state index in [-0.39, 0.29) is 6.04 Å². The van der Waals surface area contributed by atoms with Crippen molar-refractivity contribution in [3.05, 3.63) is 0 Å². The summed E-state index contributed by atoms with van der Waals surface area (Å²) >= 11 is 0. The summed E-state index contributed by atoms with van der Waals surface area (Å²) < 4.78 is 0. The van der Waals surface area contributed by atoms with E-state index in [2.05, 4.69) is 0 Å². The second-order valence-electron chi connectivity index (χ2n) is 2.11. The molecule has 3 nitrogen and oxygen atoms in total. The van der Waals surface area contributed by atoms with Crippen molar-refractivity contribution in [2.45, 2.75) is 19.4 Å². The van der Waals surface area contributed by atoms with Gasteiger partial charge in [0, 0.05) is 12.6 Å². The van der Waals surface area contributed by atoms with E-state index in [9.17, 15) is 4.79 Å². The molecule has 1 saturated heterocycles. The quantitative estimate of drug-likeness (QED) is 0.506. The van der Waals surface area contributed by atoms with Crippen LogP contribution >= 0.6 is 0 Å². The van der Waals surface area contributed by atoms with Crippen LogP contribution in [-0.4, -0.2) is 28.7 Å². The molecule has 0 aliphatic carbocycles. The van der Waals surface area contributed by atoms with E-state index in [0.717, 1.165) is 13.0 Å². The van der Waals surface area contributed by atoms with Gasteiger partial charge in [0.15, 0.2) is 0 Å². The highest BCUT2D eigenvalue weighted by atomic mass is 16.4. The van der Waals surface area contributed by atoms with Gasteiger partial charge in [0.25, 0.3) is 0 Å². The number of hydrogen-bond donors (Lipinski definition) is 1. The summed E-state index contributed by atoms with van der Waals surface area (Å²) in [6.07, 6.45) is 0.232. The van der Waals surface area contributed by atoms with Crippen LogP contribution in [0.15, 0.2) is 0 Å².